The molecule has 2 N–H and O–H groups in total. The average molecular weight is 242 g/mol. The fraction of sp³-hybridized carbons (Fsp3) is 0.214. The van der Waals surface area contributed by atoms with E-state index in [1.165, 1.54) is 0 Å². The lowest BCUT2D eigenvalue weighted by Gasteiger charge is -1.93. The maximum Gasteiger partial charge on any atom is 0.231 e. The number of rotatable bonds is 1. The Hall–Kier alpha value is -2.23. The Morgan fingerprint density at radius 1 is 1.06 bits per heavy atom. The standard InChI is InChI=1S/C14H14N2O2/c1-7-8(2)17-9(3)13(7)14-16-11-6-10(15)4-5-12(11)18-14/h4-6H,15H2,1-3H3. The number of aromatic nitrogens is 1. The Morgan fingerprint density at radius 3 is 2.50 bits per heavy atom. The van der Waals surface area contributed by atoms with Crippen LogP contribution in [-0.4, -0.2) is 4.98 Å². The Balaban J connectivity index is 2.25. The molecule has 0 atom stereocenters. The van der Waals surface area contributed by atoms with Gasteiger partial charge in [0.1, 0.15) is 17.0 Å². The van der Waals surface area contributed by atoms with Gasteiger partial charge in [0, 0.05) is 11.3 Å². The third-order valence-corrected chi connectivity index (χ3v) is 3.19. The van der Waals surface area contributed by atoms with Gasteiger partial charge < -0.3 is 14.6 Å². The number of anilines is 1. The number of oxazole rings is 1. The summed E-state index contributed by atoms with van der Waals surface area (Å²) in [5, 5.41) is 0. The van der Waals surface area contributed by atoms with Gasteiger partial charge in [-0.25, -0.2) is 4.98 Å². The van der Waals surface area contributed by atoms with Gasteiger partial charge in [0.15, 0.2) is 5.58 Å². The van der Waals surface area contributed by atoms with Crippen LogP contribution >= 0.6 is 0 Å². The number of nitrogens with two attached hydrogens (primary N) is 1. The van der Waals surface area contributed by atoms with Gasteiger partial charge in [-0.3, -0.25) is 0 Å². The number of fused-ring (bicyclic) bond motifs is 1. The van der Waals surface area contributed by atoms with Crippen molar-refractivity contribution >= 4 is 16.8 Å². The van der Waals surface area contributed by atoms with Crippen LogP contribution in [0.15, 0.2) is 27.0 Å². The molecule has 1 aromatic carbocycles. The molecule has 4 heteroatoms. The van der Waals surface area contributed by atoms with Gasteiger partial charge in [-0.2, -0.15) is 0 Å². The monoisotopic (exact) mass is 242 g/mol. The van der Waals surface area contributed by atoms with Crippen molar-refractivity contribution in [2.24, 2.45) is 0 Å². The van der Waals surface area contributed by atoms with E-state index in [2.05, 4.69) is 4.98 Å². The molecule has 0 radical (unpaired) electrons. The average Bonchev–Trinajstić information content (AvgIpc) is 2.80. The van der Waals surface area contributed by atoms with Crippen LogP contribution in [0, 0.1) is 20.8 Å². The lowest BCUT2D eigenvalue weighted by molar-refractivity contribution is 0.502. The summed E-state index contributed by atoms with van der Waals surface area (Å²) >= 11 is 0. The van der Waals surface area contributed by atoms with Crippen LogP contribution < -0.4 is 5.73 Å². The Kier molecular flexibility index (Phi) is 2.20. The molecule has 92 valence electrons. The zero-order chi connectivity index (χ0) is 12.9. The summed E-state index contributed by atoms with van der Waals surface area (Å²) in [5.74, 6) is 2.30. The minimum absolute atomic E-state index is 0.586. The predicted molar refractivity (Wildman–Crippen MR) is 70.3 cm³/mol. The third-order valence-electron chi connectivity index (χ3n) is 3.19. The number of benzene rings is 1. The molecule has 4 nitrogen and oxygen atoms in total. The van der Waals surface area contributed by atoms with E-state index in [0.717, 1.165) is 33.7 Å². The van der Waals surface area contributed by atoms with Crippen molar-refractivity contribution in [1.82, 2.24) is 4.98 Å². The Bertz CT molecular complexity index is 738. The van der Waals surface area contributed by atoms with Crippen LogP contribution in [0.1, 0.15) is 17.1 Å². The molecule has 0 spiro atoms. The Morgan fingerprint density at radius 2 is 1.83 bits per heavy atom. The van der Waals surface area contributed by atoms with Crippen LogP contribution in [0.3, 0.4) is 0 Å². The summed E-state index contributed by atoms with van der Waals surface area (Å²) in [7, 11) is 0. The molecule has 0 aliphatic rings. The maximum absolute atomic E-state index is 5.76. The molecule has 3 aromatic rings. The summed E-state index contributed by atoms with van der Waals surface area (Å²) in [6.45, 7) is 5.86. The first kappa shape index (κ1) is 10.9. The van der Waals surface area contributed by atoms with Gasteiger partial charge in [-0.1, -0.05) is 0 Å². The van der Waals surface area contributed by atoms with Crippen molar-refractivity contribution < 1.29 is 8.83 Å². The van der Waals surface area contributed by atoms with Crippen molar-refractivity contribution in [1.29, 1.82) is 0 Å². The SMILES string of the molecule is Cc1oc(C)c(-c2nc3cc(N)ccc3o2)c1C. The molecule has 0 unspecified atom stereocenters. The fourth-order valence-electron chi connectivity index (χ4n) is 2.16. The quantitative estimate of drug-likeness (QED) is 0.662. The van der Waals surface area contributed by atoms with Gasteiger partial charge in [0.25, 0.3) is 0 Å². The van der Waals surface area contributed by atoms with E-state index in [1.807, 2.05) is 26.8 Å². The first-order chi connectivity index (χ1) is 8.56. The summed E-state index contributed by atoms with van der Waals surface area (Å²) in [5.41, 5.74) is 9.91. The second kappa shape index (κ2) is 3.63. The molecule has 0 fully saturated rings. The third kappa shape index (κ3) is 1.49. The number of furan rings is 1. The zero-order valence-electron chi connectivity index (χ0n) is 10.6. The molecule has 0 saturated heterocycles. The maximum atomic E-state index is 5.76. The van der Waals surface area contributed by atoms with Gasteiger partial charge >= 0.3 is 0 Å². The van der Waals surface area contributed by atoms with E-state index in [-0.39, 0.29) is 0 Å². The zero-order valence-corrected chi connectivity index (χ0v) is 10.6. The summed E-state index contributed by atoms with van der Waals surface area (Å²) < 4.78 is 11.4. The van der Waals surface area contributed by atoms with E-state index in [9.17, 15) is 0 Å². The lowest BCUT2D eigenvalue weighted by atomic mass is 10.1. The van der Waals surface area contributed by atoms with Crippen molar-refractivity contribution in [3.8, 4) is 11.5 Å². The van der Waals surface area contributed by atoms with Crippen LogP contribution in [-0.2, 0) is 0 Å². The van der Waals surface area contributed by atoms with E-state index < -0.39 is 0 Å². The molecular formula is C14H14N2O2. The molecule has 0 saturated carbocycles. The van der Waals surface area contributed by atoms with Crippen molar-refractivity contribution in [2.45, 2.75) is 20.8 Å². The molecule has 0 amide bonds. The molecule has 0 aliphatic heterocycles. The minimum atomic E-state index is 0.586. The molecule has 2 heterocycles. The highest BCUT2D eigenvalue weighted by Gasteiger charge is 2.18. The molecule has 18 heavy (non-hydrogen) atoms. The van der Waals surface area contributed by atoms with E-state index >= 15 is 0 Å². The summed E-state index contributed by atoms with van der Waals surface area (Å²) in [6.07, 6.45) is 0. The first-order valence-corrected chi connectivity index (χ1v) is 5.79. The largest absolute Gasteiger partial charge is 0.466 e. The number of nitrogens with zero attached hydrogens (tertiary/aromatic N) is 1. The van der Waals surface area contributed by atoms with Crippen LogP contribution in [0.25, 0.3) is 22.6 Å². The predicted octanol–water partition coefficient (Wildman–Crippen LogP) is 3.60. The van der Waals surface area contributed by atoms with E-state index in [0.29, 0.717) is 11.6 Å². The van der Waals surface area contributed by atoms with E-state index in [4.69, 9.17) is 14.6 Å². The van der Waals surface area contributed by atoms with Crippen molar-refractivity contribution in [3.05, 3.63) is 35.3 Å². The molecule has 0 aliphatic carbocycles. The van der Waals surface area contributed by atoms with Crippen molar-refractivity contribution in [3.63, 3.8) is 0 Å². The normalized spacial score (nSPS) is 11.3. The van der Waals surface area contributed by atoms with E-state index in [1.54, 1.807) is 12.1 Å². The topological polar surface area (TPSA) is 65.2 Å². The number of hydrogen-bond donors (Lipinski definition) is 1. The highest BCUT2D eigenvalue weighted by Crippen LogP contribution is 2.33. The van der Waals surface area contributed by atoms with Gasteiger partial charge in [0.05, 0.1) is 5.56 Å². The van der Waals surface area contributed by atoms with Crippen molar-refractivity contribution in [2.75, 3.05) is 5.73 Å². The molecule has 3 rings (SSSR count). The molecule has 2 aromatic heterocycles. The number of nitrogen functional groups attached to an aromatic ring is 1. The van der Waals surface area contributed by atoms with Gasteiger partial charge in [0.2, 0.25) is 5.89 Å². The highest BCUT2D eigenvalue weighted by molar-refractivity contribution is 5.80. The molecular weight excluding hydrogens is 228 g/mol. The minimum Gasteiger partial charge on any atom is -0.466 e. The number of aryl methyl sites for hydroxylation is 2. The Labute approximate surface area is 104 Å². The first-order valence-electron chi connectivity index (χ1n) is 5.79. The van der Waals surface area contributed by atoms with Gasteiger partial charge in [-0.05, 0) is 39.0 Å². The second-order valence-electron chi connectivity index (χ2n) is 4.46. The smallest absolute Gasteiger partial charge is 0.231 e. The lowest BCUT2D eigenvalue weighted by Crippen LogP contribution is -1.83. The molecule has 0 bridgehead atoms. The second-order valence-corrected chi connectivity index (χ2v) is 4.46. The summed E-state index contributed by atoms with van der Waals surface area (Å²) in [4.78, 5) is 4.47. The fourth-order valence-corrected chi connectivity index (χ4v) is 2.16. The highest BCUT2D eigenvalue weighted by atomic mass is 16.4. The van der Waals surface area contributed by atoms with Crippen LogP contribution in [0.2, 0.25) is 0 Å². The number of hydrogen-bond acceptors (Lipinski definition) is 4. The summed E-state index contributed by atoms with van der Waals surface area (Å²) in [6, 6.07) is 5.44. The van der Waals surface area contributed by atoms with Crippen LogP contribution in [0.4, 0.5) is 5.69 Å². The van der Waals surface area contributed by atoms with Gasteiger partial charge in [-0.15, -0.1) is 0 Å². The van der Waals surface area contributed by atoms with Crippen LogP contribution in [0.5, 0.6) is 0 Å².